The third-order valence-electron chi connectivity index (χ3n) is 6.07. The molecule has 3 N–H and O–H groups in total. The highest BCUT2D eigenvalue weighted by Gasteiger charge is 2.36. The number of carbonyl (C=O) groups excluding carboxylic acids is 2. The van der Waals surface area contributed by atoms with Crippen molar-refractivity contribution in [1.82, 2.24) is 9.59 Å². The molecule has 2 aromatic rings. The second kappa shape index (κ2) is 9.79. The Morgan fingerprint density at radius 2 is 1.83 bits per heavy atom. The first kappa shape index (κ1) is 22.6. The molecule has 1 aliphatic rings. The summed E-state index contributed by atoms with van der Waals surface area (Å²) >= 11 is 1.15. The molecule has 1 aromatic heterocycles. The summed E-state index contributed by atoms with van der Waals surface area (Å²) in [4.78, 5) is 26.2. The second-order valence-electron chi connectivity index (χ2n) is 9.32. The number of hydrogen-bond acceptors (Lipinski definition) is 6. The van der Waals surface area contributed by atoms with E-state index in [0.29, 0.717) is 10.7 Å². The van der Waals surface area contributed by atoms with E-state index in [2.05, 4.69) is 14.9 Å². The minimum absolute atomic E-state index is 0.0114. The summed E-state index contributed by atoms with van der Waals surface area (Å²) in [6.07, 6.45) is 5.65. The lowest BCUT2D eigenvalue weighted by atomic mass is 9.74. The number of benzene rings is 1. The predicted molar refractivity (Wildman–Crippen MR) is 121 cm³/mol. The minimum Gasteiger partial charge on any atom is -0.321 e. The van der Waals surface area contributed by atoms with Crippen molar-refractivity contribution in [1.29, 1.82) is 0 Å². The monoisotopic (exact) mass is 428 g/mol. The Morgan fingerprint density at radius 3 is 2.47 bits per heavy atom. The zero-order valence-electron chi connectivity index (χ0n) is 18.1. The van der Waals surface area contributed by atoms with Gasteiger partial charge in [-0.25, -0.2) is 0 Å². The minimum atomic E-state index is -0.481. The molecule has 3 rings (SSSR count). The maximum absolute atomic E-state index is 13.2. The van der Waals surface area contributed by atoms with Gasteiger partial charge in [-0.15, -0.1) is 5.10 Å². The van der Waals surface area contributed by atoms with Gasteiger partial charge in [0.15, 0.2) is 5.78 Å². The van der Waals surface area contributed by atoms with E-state index in [4.69, 9.17) is 5.73 Å². The highest BCUT2D eigenvalue weighted by atomic mass is 32.1. The summed E-state index contributed by atoms with van der Waals surface area (Å²) in [5.74, 6) is -0.437. The van der Waals surface area contributed by atoms with Crippen molar-refractivity contribution in [2.45, 2.75) is 65.3 Å². The van der Waals surface area contributed by atoms with Crippen molar-refractivity contribution < 1.29 is 9.59 Å². The first-order valence-corrected chi connectivity index (χ1v) is 11.5. The van der Waals surface area contributed by atoms with Crippen LogP contribution in [-0.2, 0) is 9.59 Å². The van der Waals surface area contributed by atoms with Gasteiger partial charge in [-0.1, -0.05) is 74.9 Å². The van der Waals surface area contributed by atoms with E-state index in [1.807, 2.05) is 51.1 Å². The molecule has 1 fully saturated rings. The van der Waals surface area contributed by atoms with Crippen molar-refractivity contribution in [3.05, 3.63) is 30.3 Å². The molecule has 7 heteroatoms. The van der Waals surface area contributed by atoms with Gasteiger partial charge in [-0.2, -0.15) is 0 Å². The van der Waals surface area contributed by atoms with E-state index in [1.165, 1.54) is 6.42 Å². The SMILES string of the molecule is CC(C)(C)[C@H](CC(=O)[C@@H](N)C1CCCCC1)C(=O)Nc1snnc1-c1ccccc1. The normalized spacial score (nSPS) is 17.3. The fraction of sp³-hybridized carbons (Fsp3) is 0.565. The number of carbonyl (C=O) groups is 2. The maximum atomic E-state index is 13.2. The molecule has 0 saturated heterocycles. The van der Waals surface area contributed by atoms with Gasteiger partial charge in [0.25, 0.3) is 0 Å². The number of Topliss-reactive ketones (excluding diaryl/α,β-unsaturated/α-hetero) is 1. The van der Waals surface area contributed by atoms with Crippen LogP contribution < -0.4 is 11.1 Å². The molecule has 0 radical (unpaired) electrons. The van der Waals surface area contributed by atoms with Gasteiger partial charge in [-0.05, 0) is 24.2 Å². The summed E-state index contributed by atoms with van der Waals surface area (Å²) in [6.45, 7) is 5.96. The number of nitrogens with zero attached hydrogens (tertiary/aromatic N) is 2. The average molecular weight is 429 g/mol. The van der Waals surface area contributed by atoms with E-state index in [9.17, 15) is 9.59 Å². The number of ketones is 1. The Balaban J connectivity index is 1.72. The van der Waals surface area contributed by atoms with Gasteiger partial charge in [0, 0.05) is 23.5 Å². The maximum Gasteiger partial charge on any atom is 0.229 e. The van der Waals surface area contributed by atoms with Crippen molar-refractivity contribution in [2.24, 2.45) is 23.0 Å². The van der Waals surface area contributed by atoms with E-state index < -0.39 is 12.0 Å². The van der Waals surface area contributed by atoms with Crippen LogP contribution >= 0.6 is 11.5 Å². The van der Waals surface area contributed by atoms with E-state index >= 15 is 0 Å². The fourth-order valence-electron chi connectivity index (χ4n) is 4.14. The van der Waals surface area contributed by atoms with Crippen LogP contribution in [0.25, 0.3) is 11.3 Å². The van der Waals surface area contributed by atoms with Crippen molar-refractivity contribution in [3.63, 3.8) is 0 Å². The molecule has 1 saturated carbocycles. The van der Waals surface area contributed by atoms with Crippen LogP contribution in [-0.4, -0.2) is 27.3 Å². The molecule has 162 valence electrons. The number of anilines is 1. The molecular weight excluding hydrogens is 396 g/mol. The highest BCUT2D eigenvalue weighted by molar-refractivity contribution is 7.10. The molecule has 6 nitrogen and oxygen atoms in total. The van der Waals surface area contributed by atoms with Crippen LogP contribution in [0.15, 0.2) is 30.3 Å². The molecule has 0 aliphatic heterocycles. The van der Waals surface area contributed by atoms with Gasteiger partial charge in [0.05, 0.1) is 12.0 Å². The van der Waals surface area contributed by atoms with Gasteiger partial charge in [0.2, 0.25) is 5.91 Å². The van der Waals surface area contributed by atoms with Gasteiger partial charge >= 0.3 is 0 Å². The summed E-state index contributed by atoms with van der Waals surface area (Å²) < 4.78 is 4.01. The molecule has 1 amide bonds. The number of rotatable bonds is 7. The van der Waals surface area contributed by atoms with Gasteiger partial charge in [-0.3, -0.25) is 9.59 Å². The summed E-state index contributed by atoms with van der Waals surface area (Å²) in [6, 6.07) is 9.15. The Labute approximate surface area is 182 Å². The van der Waals surface area contributed by atoms with Crippen molar-refractivity contribution in [2.75, 3.05) is 5.32 Å². The molecule has 1 aromatic carbocycles. The van der Waals surface area contributed by atoms with E-state index in [1.54, 1.807) is 0 Å². The molecule has 1 heterocycles. The molecule has 0 bridgehead atoms. The molecule has 1 aliphatic carbocycles. The number of hydrogen-bond donors (Lipinski definition) is 2. The number of nitrogens with two attached hydrogens (primary N) is 1. The van der Waals surface area contributed by atoms with Crippen LogP contribution in [0.5, 0.6) is 0 Å². The first-order chi connectivity index (χ1) is 14.3. The van der Waals surface area contributed by atoms with Gasteiger partial charge < -0.3 is 11.1 Å². The summed E-state index contributed by atoms with van der Waals surface area (Å²) in [5, 5.41) is 7.76. The summed E-state index contributed by atoms with van der Waals surface area (Å²) in [5.41, 5.74) is 7.48. The van der Waals surface area contributed by atoms with Crippen LogP contribution in [0.4, 0.5) is 5.00 Å². The van der Waals surface area contributed by atoms with Crippen LogP contribution in [0.2, 0.25) is 0 Å². The largest absolute Gasteiger partial charge is 0.321 e. The molecule has 0 spiro atoms. The summed E-state index contributed by atoms with van der Waals surface area (Å²) in [7, 11) is 0. The fourth-order valence-corrected chi connectivity index (χ4v) is 4.74. The standard InChI is InChI=1S/C23H32N4O2S/c1-23(2,3)17(14-18(28)19(24)15-10-6-4-7-11-15)21(29)25-22-20(26-27-30-22)16-12-8-5-9-13-16/h5,8-9,12-13,15,17,19H,4,6-7,10-11,14,24H2,1-3H3,(H,25,29)/t17-,19+/m1/s1. The molecular formula is C23H32N4O2S. The first-order valence-electron chi connectivity index (χ1n) is 10.7. The third-order valence-corrected chi connectivity index (χ3v) is 6.71. The lowest BCUT2D eigenvalue weighted by molar-refractivity contribution is -0.130. The highest BCUT2D eigenvalue weighted by Crippen LogP contribution is 2.35. The van der Waals surface area contributed by atoms with E-state index in [0.717, 1.165) is 42.8 Å². The smallest absolute Gasteiger partial charge is 0.229 e. The van der Waals surface area contributed by atoms with Crippen LogP contribution in [0, 0.1) is 17.3 Å². The Bertz CT molecular complexity index is 854. The number of nitrogens with one attached hydrogen (secondary N) is 1. The molecule has 0 unspecified atom stereocenters. The van der Waals surface area contributed by atoms with Crippen molar-refractivity contribution in [3.8, 4) is 11.3 Å². The zero-order valence-corrected chi connectivity index (χ0v) is 18.9. The van der Waals surface area contributed by atoms with E-state index in [-0.39, 0.29) is 29.4 Å². The Morgan fingerprint density at radius 1 is 1.17 bits per heavy atom. The number of aromatic nitrogens is 2. The number of amides is 1. The third kappa shape index (κ3) is 5.52. The average Bonchev–Trinajstić information content (AvgIpc) is 3.19. The lowest BCUT2D eigenvalue weighted by Gasteiger charge is -2.32. The van der Waals surface area contributed by atoms with Crippen molar-refractivity contribution >= 4 is 28.2 Å². The molecule has 30 heavy (non-hydrogen) atoms. The zero-order chi connectivity index (χ0) is 21.7. The molecule has 2 atom stereocenters. The lowest BCUT2D eigenvalue weighted by Crippen LogP contribution is -2.43. The van der Waals surface area contributed by atoms with Crippen LogP contribution in [0.3, 0.4) is 0 Å². The van der Waals surface area contributed by atoms with Gasteiger partial charge in [0.1, 0.15) is 10.7 Å². The second-order valence-corrected chi connectivity index (χ2v) is 10.1. The topological polar surface area (TPSA) is 98.0 Å². The predicted octanol–water partition coefficient (Wildman–Crippen LogP) is 4.67. The van der Waals surface area contributed by atoms with Crippen LogP contribution in [0.1, 0.15) is 59.3 Å². The quantitative estimate of drug-likeness (QED) is 0.668. The Kier molecular flexibility index (Phi) is 7.36. The Hall–Kier alpha value is -2.12.